The molecule has 3 nitrogen and oxygen atoms in total. The van der Waals surface area contributed by atoms with Crippen LogP contribution in [0.3, 0.4) is 0 Å². The number of carboxylic acid groups (broad SMARTS) is 1. The smallest absolute Gasteiger partial charge is 0.335 e. The Kier molecular flexibility index (Phi) is 4.18. The molecule has 0 aromatic heterocycles. The van der Waals surface area contributed by atoms with Gasteiger partial charge in [-0.2, -0.15) is 0 Å². The van der Waals surface area contributed by atoms with Gasteiger partial charge in [-0.3, -0.25) is 0 Å². The zero-order valence-corrected chi connectivity index (χ0v) is 10.3. The minimum absolute atomic E-state index is 0.0196. The highest BCUT2D eigenvalue weighted by Crippen LogP contribution is 2.27. The lowest BCUT2D eigenvalue weighted by molar-refractivity contribution is 0.0696. The van der Waals surface area contributed by atoms with Gasteiger partial charge in [-0.1, -0.05) is 25.7 Å². The van der Waals surface area contributed by atoms with E-state index in [0.717, 1.165) is 24.9 Å². The van der Waals surface area contributed by atoms with Gasteiger partial charge in [0, 0.05) is 6.54 Å². The summed E-state index contributed by atoms with van der Waals surface area (Å²) in [5, 5.41) is 11.8. The van der Waals surface area contributed by atoms with Gasteiger partial charge in [-0.05, 0) is 30.5 Å². The molecule has 0 spiro atoms. The number of anilines is 1. The second-order valence-corrected chi connectivity index (χ2v) is 4.87. The van der Waals surface area contributed by atoms with Gasteiger partial charge in [0.15, 0.2) is 0 Å². The molecule has 1 saturated carbocycles. The van der Waals surface area contributed by atoms with Gasteiger partial charge in [0.1, 0.15) is 5.82 Å². The summed E-state index contributed by atoms with van der Waals surface area (Å²) in [4.78, 5) is 10.7. The molecule has 1 aromatic carbocycles. The number of rotatable bonds is 5. The van der Waals surface area contributed by atoms with Crippen molar-refractivity contribution >= 4 is 11.7 Å². The third-order valence-electron chi connectivity index (χ3n) is 3.56. The molecule has 98 valence electrons. The van der Waals surface area contributed by atoms with Crippen molar-refractivity contribution in [1.82, 2.24) is 0 Å². The minimum atomic E-state index is -1.11. The van der Waals surface area contributed by atoms with Crippen LogP contribution in [-0.2, 0) is 0 Å². The van der Waals surface area contributed by atoms with Crippen LogP contribution in [0.5, 0.6) is 0 Å². The average molecular weight is 251 g/mol. The molecule has 0 amide bonds. The lowest BCUT2D eigenvalue weighted by atomic mass is 10.0. The van der Waals surface area contributed by atoms with Crippen LogP contribution in [0.25, 0.3) is 0 Å². The summed E-state index contributed by atoms with van der Waals surface area (Å²) in [6, 6.07) is 3.97. The maximum atomic E-state index is 13.6. The molecule has 1 aromatic rings. The van der Waals surface area contributed by atoms with E-state index in [1.807, 2.05) is 0 Å². The van der Waals surface area contributed by atoms with E-state index in [-0.39, 0.29) is 5.56 Å². The van der Waals surface area contributed by atoms with Crippen molar-refractivity contribution in [2.75, 3.05) is 11.9 Å². The third kappa shape index (κ3) is 3.22. The van der Waals surface area contributed by atoms with Crippen molar-refractivity contribution in [1.29, 1.82) is 0 Å². The normalized spacial score (nSPS) is 15.8. The lowest BCUT2D eigenvalue weighted by Gasteiger charge is -2.11. The molecule has 18 heavy (non-hydrogen) atoms. The number of hydrogen-bond acceptors (Lipinski definition) is 2. The summed E-state index contributed by atoms with van der Waals surface area (Å²) in [7, 11) is 0. The molecule has 0 atom stereocenters. The Hall–Kier alpha value is -1.58. The van der Waals surface area contributed by atoms with E-state index in [0.29, 0.717) is 5.69 Å². The SMILES string of the molecule is O=C(O)c1ccc(NCCC2CCCC2)c(F)c1. The van der Waals surface area contributed by atoms with Crippen LogP contribution in [0.1, 0.15) is 42.5 Å². The Labute approximate surface area is 106 Å². The second-order valence-electron chi connectivity index (χ2n) is 4.87. The number of hydrogen-bond donors (Lipinski definition) is 2. The largest absolute Gasteiger partial charge is 0.478 e. The lowest BCUT2D eigenvalue weighted by Crippen LogP contribution is -2.08. The van der Waals surface area contributed by atoms with Gasteiger partial charge in [0.05, 0.1) is 11.3 Å². The van der Waals surface area contributed by atoms with Crippen molar-refractivity contribution in [2.45, 2.75) is 32.1 Å². The fraction of sp³-hybridized carbons (Fsp3) is 0.500. The van der Waals surface area contributed by atoms with E-state index in [1.165, 1.54) is 37.8 Å². The summed E-state index contributed by atoms with van der Waals surface area (Å²) < 4.78 is 13.6. The first-order valence-electron chi connectivity index (χ1n) is 6.43. The van der Waals surface area contributed by atoms with E-state index in [9.17, 15) is 9.18 Å². The fourth-order valence-corrected chi connectivity index (χ4v) is 2.50. The quantitative estimate of drug-likeness (QED) is 0.841. The van der Waals surface area contributed by atoms with E-state index >= 15 is 0 Å². The maximum absolute atomic E-state index is 13.6. The molecule has 1 fully saturated rings. The number of halogens is 1. The first kappa shape index (κ1) is 12.9. The Morgan fingerprint density at radius 2 is 2.11 bits per heavy atom. The Morgan fingerprint density at radius 3 is 2.72 bits per heavy atom. The van der Waals surface area contributed by atoms with Gasteiger partial charge < -0.3 is 10.4 Å². The molecular formula is C14H18FNO2. The van der Waals surface area contributed by atoms with E-state index in [2.05, 4.69) is 5.32 Å². The molecule has 0 saturated heterocycles. The Morgan fingerprint density at radius 1 is 1.39 bits per heavy atom. The monoisotopic (exact) mass is 251 g/mol. The van der Waals surface area contributed by atoms with Crippen molar-refractivity contribution < 1.29 is 14.3 Å². The van der Waals surface area contributed by atoms with Gasteiger partial charge in [-0.15, -0.1) is 0 Å². The molecule has 2 N–H and O–H groups in total. The van der Waals surface area contributed by atoms with Gasteiger partial charge in [0.2, 0.25) is 0 Å². The van der Waals surface area contributed by atoms with Gasteiger partial charge in [-0.25, -0.2) is 9.18 Å². The second kappa shape index (κ2) is 5.85. The highest BCUT2D eigenvalue weighted by molar-refractivity contribution is 5.88. The zero-order chi connectivity index (χ0) is 13.0. The Bertz CT molecular complexity index is 428. The highest BCUT2D eigenvalue weighted by Gasteiger charge is 2.14. The molecule has 0 radical (unpaired) electrons. The predicted octanol–water partition coefficient (Wildman–Crippen LogP) is 3.52. The average Bonchev–Trinajstić information content (AvgIpc) is 2.84. The van der Waals surface area contributed by atoms with Crippen molar-refractivity contribution in [2.24, 2.45) is 5.92 Å². The van der Waals surface area contributed by atoms with Gasteiger partial charge in [0.25, 0.3) is 0 Å². The molecule has 1 aliphatic rings. The molecule has 0 aliphatic heterocycles. The summed E-state index contributed by atoms with van der Waals surface area (Å²) >= 11 is 0. The van der Waals surface area contributed by atoms with E-state index < -0.39 is 11.8 Å². The first-order chi connectivity index (χ1) is 8.66. The molecular weight excluding hydrogens is 233 g/mol. The number of carbonyl (C=O) groups is 1. The van der Waals surface area contributed by atoms with Crippen molar-refractivity contribution in [3.63, 3.8) is 0 Å². The van der Waals surface area contributed by atoms with E-state index in [4.69, 9.17) is 5.11 Å². The van der Waals surface area contributed by atoms with Crippen LogP contribution in [0.15, 0.2) is 18.2 Å². The van der Waals surface area contributed by atoms with Crippen LogP contribution in [0.4, 0.5) is 10.1 Å². The highest BCUT2D eigenvalue weighted by atomic mass is 19.1. The zero-order valence-electron chi connectivity index (χ0n) is 10.3. The molecule has 0 heterocycles. The number of aromatic carboxylic acids is 1. The number of benzene rings is 1. The first-order valence-corrected chi connectivity index (χ1v) is 6.43. The van der Waals surface area contributed by atoms with Gasteiger partial charge >= 0.3 is 5.97 Å². The van der Waals surface area contributed by atoms with Crippen LogP contribution in [-0.4, -0.2) is 17.6 Å². The number of nitrogens with one attached hydrogen (secondary N) is 1. The Balaban J connectivity index is 1.87. The molecule has 0 bridgehead atoms. The maximum Gasteiger partial charge on any atom is 0.335 e. The summed E-state index contributed by atoms with van der Waals surface area (Å²) in [5.74, 6) is -0.841. The third-order valence-corrected chi connectivity index (χ3v) is 3.56. The summed E-state index contributed by atoms with van der Waals surface area (Å²) in [6.07, 6.45) is 6.24. The molecule has 1 aliphatic carbocycles. The van der Waals surface area contributed by atoms with E-state index in [1.54, 1.807) is 0 Å². The topological polar surface area (TPSA) is 49.3 Å². The fourth-order valence-electron chi connectivity index (χ4n) is 2.50. The van der Waals surface area contributed by atoms with Crippen molar-refractivity contribution in [3.8, 4) is 0 Å². The van der Waals surface area contributed by atoms with Crippen LogP contribution < -0.4 is 5.32 Å². The predicted molar refractivity (Wildman–Crippen MR) is 68.4 cm³/mol. The van der Waals surface area contributed by atoms with Crippen LogP contribution >= 0.6 is 0 Å². The summed E-state index contributed by atoms with van der Waals surface area (Å²) in [5.41, 5.74) is 0.367. The van der Waals surface area contributed by atoms with Crippen LogP contribution in [0, 0.1) is 11.7 Å². The minimum Gasteiger partial charge on any atom is -0.478 e. The van der Waals surface area contributed by atoms with Crippen molar-refractivity contribution in [3.05, 3.63) is 29.6 Å². The molecule has 0 unspecified atom stereocenters. The standard InChI is InChI=1S/C14H18FNO2/c15-12-9-11(14(17)18)5-6-13(12)16-8-7-10-3-1-2-4-10/h5-6,9-10,16H,1-4,7-8H2,(H,17,18). The summed E-state index contributed by atoms with van der Waals surface area (Å²) in [6.45, 7) is 0.744. The molecule has 4 heteroatoms. The van der Waals surface area contributed by atoms with Crippen LogP contribution in [0.2, 0.25) is 0 Å². The molecule has 2 rings (SSSR count). The number of carboxylic acids is 1.